The molecule has 26 heavy (non-hydrogen) atoms. The van der Waals surface area contributed by atoms with E-state index in [4.69, 9.17) is 4.74 Å². The molecule has 6 heteroatoms. The molecule has 1 fully saturated rings. The summed E-state index contributed by atoms with van der Waals surface area (Å²) in [4.78, 5) is 18.9. The van der Waals surface area contributed by atoms with E-state index >= 15 is 0 Å². The Labute approximate surface area is 154 Å². The summed E-state index contributed by atoms with van der Waals surface area (Å²) in [5.41, 5.74) is 3.62. The highest BCUT2D eigenvalue weighted by Gasteiger charge is 2.10. The van der Waals surface area contributed by atoms with Crippen LogP contribution in [0.15, 0.2) is 42.6 Å². The number of aryl methyl sites for hydroxylation is 1. The van der Waals surface area contributed by atoms with Crippen LogP contribution in [0.4, 0.5) is 5.69 Å². The number of amides is 1. The Balaban J connectivity index is 1.43. The van der Waals surface area contributed by atoms with Gasteiger partial charge >= 0.3 is 0 Å². The monoisotopic (exact) mass is 354 g/mol. The fraction of sp³-hybridized carbons (Fsp3) is 0.400. The summed E-state index contributed by atoms with van der Waals surface area (Å²) in [6.07, 6.45) is 1.71. The second-order valence-corrected chi connectivity index (χ2v) is 6.48. The summed E-state index contributed by atoms with van der Waals surface area (Å²) in [7, 11) is 0. The van der Waals surface area contributed by atoms with Crippen molar-refractivity contribution in [2.45, 2.75) is 13.5 Å². The van der Waals surface area contributed by atoms with Gasteiger partial charge in [-0.15, -0.1) is 0 Å². The van der Waals surface area contributed by atoms with E-state index in [1.165, 1.54) is 5.56 Å². The first kappa shape index (κ1) is 18.4. The summed E-state index contributed by atoms with van der Waals surface area (Å²) in [5.74, 6) is -0.161. The molecule has 6 nitrogen and oxygen atoms in total. The highest BCUT2D eigenvalue weighted by molar-refractivity contribution is 5.92. The maximum atomic E-state index is 12.2. The summed E-state index contributed by atoms with van der Waals surface area (Å²) in [5, 5.41) is 6.25. The number of anilines is 1. The van der Waals surface area contributed by atoms with E-state index < -0.39 is 0 Å². The largest absolute Gasteiger partial charge is 0.383 e. The molecule has 0 saturated carbocycles. The maximum Gasteiger partial charge on any atom is 0.270 e. The second kappa shape index (κ2) is 9.31. The van der Waals surface area contributed by atoms with E-state index in [2.05, 4.69) is 26.6 Å². The van der Waals surface area contributed by atoms with E-state index in [9.17, 15) is 4.79 Å². The standard InChI is InChI=1S/C20H26N4O2/c1-16-3-2-4-17(13-16)14-23-20(25)19-6-5-18(15-22-19)21-7-8-24-9-11-26-12-10-24/h2-6,13,15,21H,7-12,14H2,1H3,(H,23,25). The third kappa shape index (κ3) is 5.54. The molecule has 0 unspecified atom stereocenters. The van der Waals surface area contributed by atoms with Crippen LogP contribution in [-0.4, -0.2) is 55.2 Å². The zero-order valence-corrected chi connectivity index (χ0v) is 15.2. The molecule has 0 radical (unpaired) electrons. The Kier molecular flexibility index (Phi) is 6.57. The zero-order valence-electron chi connectivity index (χ0n) is 15.2. The summed E-state index contributed by atoms with van der Waals surface area (Å²) in [6.45, 7) is 7.96. The number of hydrogen-bond donors (Lipinski definition) is 2. The lowest BCUT2D eigenvalue weighted by Crippen LogP contribution is -2.39. The smallest absolute Gasteiger partial charge is 0.270 e. The molecule has 2 N–H and O–H groups in total. The number of aromatic nitrogens is 1. The van der Waals surface area contributed by atoms with Crippen molar-refractivity contribution in [3.63, 3.8) is 0 Å². The van der Waals surface area contributed by atoms with Crippen LogP contribution in [0.5, 0.6) is 0 Å². The Morgan fingerprint density at radius 1 is 1.23 bits per heavy atom. The van der Waals surface area contributed by atoms with Gasteiger partial charge < -0.3 is 15.4 Å². The average Bonchev–Trinajstić information content (AvgIpc) is 2.68. The SMILES string of the molecule is Cc1cccc(CNC(=O)c2ccc(NCCN3CCOCC3)cn2)c1. The van der Waals surface area contributed by atoms with Crippen molar-refractivity contribution in [1.29, 1.82) is 0 Å². The van der Waals surface area contributed by atoms with Crippen LogP contribution >= 0.6 is 0 Å². The van der Waals surface area contributed by atoms with Crippen LogP contribution in [0.25, 0.3) is 0 Å². The molecule has 0 bridgehead atoms. The quantitative estimate of drug-likeness (QED) is 0.797. The van der Waals surface area contributed by atoms with Gasteiger partial charge in [0.1, 0.15) is 5.69 Å². The first-order chi connectivity index (χ1) is 12.7. The van der Waals surface area contributed by atoms with Crippen molar-refractivity contribution in [2.75, 3.05) is 44.7 Å². The second-order valence-electron chi connectivity index (χ2n) is 6.48. The van der Waals surface area contributed by atoms with Crippen LogP contribution < -0.4 is 10.6 Å². The average molecular weight is 354 g/mol. The predicted molar refractivity (Wildman–Crippen MR) is 102 cm³/mol. The number of pyridine rings is 1. The molecule has 1 amide bonds. The maximum absolute atomic E-state index is 12.2. The van der Waals surface area contributed by atoms with Gasteiger partial charge in [-0.1, -0.05) is 29.8 Å². The minimum absolute atomic E-state index is 0.161. The van der Waals surface area contributed by atoms with Gasteiger partial charge in [0.15, 0.2) is 0 Å². The molecule has 1 aromatic heterocycles. The molecule has 1 aliphatic rings. The fourth-order valence-corrected chi connectivity index (χ4v) is 2.91. The van der Waals surface area contributed by atoms with Crippen LogP contribution in [0.1, 0.15) is 21.6 Å². The van der Waals surface area contributed by atoms with Gasteiger partial charge in [-0.05, 0) is 24.6 Å². The number of carbonyl (C=O) groups excluding carboxylic acids is 1. The molecule has 3 rings (SSSR count). The van der Waals surface area contributed by atoms with E-state index in [0.717, 1.165) is 50.6 Å². The molecule has 1 saturated heterocycles. The van der Waals surface area contributed by atoms with Crippen molar-refractivity contribution in [3.05, 3.63) is 59.4 Å². The van der Waals surface area contributed by atoms with Crippen molar-refractivity contribution in [2.24, 2.45) is 0 Å². The van der Waals surface area contributed by atoms with E-state index in [1.807, 2.05) is 31.2 Å². The van der Waals surface area contributed by atoms with Crippen LogP contribution in [0.2, 0.25) is 0 Å². The molecule has 0 aliphatic carbocycles. The van der Waals surface area contributed by atoms with Gasteiger partial charge in [-0.3, -0.25) is 9.69 Å². The number of ether oxygens (including phenoxy) is 1. The van der Waals surface area contributed by atoms with Gasteiger partial charge in [0.2, 0.25) is 0 Å². The van der Waals surface area contributed by atoms with E-state index in [0.29, 0.717) is 12.2 Å². The van der Waals surface area contributed by atoms with E-state index in [-0.39, 0.29) is 5.91 Å². The third-order valence-electron chi connectivity index (χ3n) is 4.39. The number of rotatable bonds is 7. The van der Waals surface area contributed by atoms with E-state index in [1.54, 1.807) is 12.3 Å². The fourth-order valence-electron chi connectivity index (χ4n) is 2.91. The molecule has 2 heterocycles. The van der Waals surface area contributed by atoms with Gasteiger partial charge in [0.05, 0.1) is 25.1 Å². The normalized spacial score (nSPS) is 14.8. The summed E-state index contributed by atoms with van der Waals surface area (Å²) >= 11 is 0. The lowest BCUT2D eigenvalue weighted by atomic mass is 10.1. The highest BCUT2D eigenvalue weighted by atomic mass is 16.5. The zero-order chi connectivity index (χ0) is 18.2. The Morgan fingerprint density at radius 2 is 2.08 bits per heavy atom. The van der Waals surface area contributed by atoms with Crippen LogP contribution in [0.3, 0.4) is 0 Å². The van der Waals surface area contributed by atoms with Crippen LogP contribution in [0, 0.1) is 6.92 Å². The first-order valence-corrected chi connectivity index (χ1v) is 9.04. The summed E-state index contributed by atoms with van der Waals surface area (Å²) in [6, 6.07) is 11.7. The summed E-state index contributed by atoms with van der Waals surface area (Å²) < 4.78 is 5.34. The third-order valence-corrected chi connectivity index (χ3v) is 4.39. The molecule has 138 valence electrons. The number of nitrogens with one attached hydrogen (secondary N) is 2. The predicted octanol–water partition coefficient (Wildman–Crippen LogP) is 2.06. The lowest BCUT2D eigenvalue weighted by molar-refractivity contribution is 0.0398. The Bertz CT molecular complexity index is 712. The number of hydrogen-bond acceptors (Lipinski definition) is 5. The molecule has 1 aromatic carbocycles. The molecule has 2 aromatic rings. The highest BCUT2D eigenvalue weighted by Crippen LogP contribution is 2.07. The van der Waals surface area contributed by atoms with Gasteiger partial charge in [0, 0.05) is 32.7 Å². The van der Waals surface area contributed by atoms with Crippen molar-refractivity contribution in [1.82, 2.24) is 15.2 Å². The minimum Gasteiger partial charge on any atom is -0.383 e. The van der Waals surface area contributed by atoms with Gasteiger partial charge in [0.25, 0.3) is 5.91 Å². The van der Waals surface area contributed by atoms with Crippen molar-refractivity contribution in [3.8, 4) is 0 Å². The first-order valence-electron chi connectivity index (χ1n) is 9.04. The van der Waals surface area contributed by atoms with Crippen molar-refractivity contribution < 1.29 is 9.53 Å². The number of carbonyl (C=O) groups is 1. The lowest BCUT2D eigenvalue weighted by Gasteiger charge is -2.26. The van der Waals surface area contributed by atoms with Crippen molar-refractivity contribution >= 4 is 11.6 Å². The number of morpholine rings is 1. The molecular formula is C20H26N4O2. The molecule has 1 aliphatic heterocycles. The minimum atomic E-state index is -0.161. The molecule has 0 atom stereocenters. The topological polar surface area (TPSA) is 66.5 Å². The number of nitrogens with zero attached hydrogens (tertiary/aromatic N) is 2. The Hall–Kier alpha value is -2.44. The molecular weight excluding hydrogens is 328 g/mol. The molecule has 0 spiro atoms. The number of benzene rings is 1. The van der Waals surface area contributed by atoms with Gasteiger partial charge in [-0.2, -0.15) is 0 Å². The Morgan fingerprint density at radius 3 is 2.81 bits per heavy atom. The van der Waals surface area contributed by atoms with Gasteiger partial charge in [-0.25, -0.2) is 4.98 Å². The van der Waals surface area contributed by atoms with Crippen LogP contribution in [-0.2, 0) is 11.3 Å².